The Hall–Kier alpha value is -2.31. The lowest BCUT2D eigenvalue weighted by Crippen LogP contribution is -2.41. The lowest BCUT2D eigenvalue weighted by Gasteiger charge is -2.29. The van der Waals surface area contributed by atoms with Crippen LogP contribution in [-0.4, -0.2) is 32.4 Å². The van der Waals surface area contributed by atoms with Crippen molar-refractivity contribution in [1.82, 2.24) is 0 Å². The molecule has 1 aliphatic rings. The zero-order chi connectivity index (χ0) is 30.0. The summed E-state index contributed by atoms with van der Waals surface area (Å²) in [6.45, 7) is 12.2. The van der Waals surface area contributed by atoms with E-state index in [0.717, 1.165) is 50.5 Å². The summed E-state index contributed by atoms with van der Waals surface area (Å²) >= 11 is 0. The molecule has 1 saturated carbocycles. The van der Waals surface area contributed by atoms with Crippen LogP contribution >= 0.6 is 0 Å². The fourth-order valence-corrected chi connectivity index (χ4v) is 8.62. The Bertz CT molecular complexity index is 1140. The number of esters is 1. The Balaban J connectivity index is 1.58. The number of hydrogen-bond acceptors (Lipinski definition) is 3. The molecule has 6 heteroatoms. The number of halogens is 2. The van der Waals surface area contributed by atoms with E-state index in [1.807, 2.05) is 18.2 Å². The lowest BCUT2D eigenvalue weighted by molar-refractivity contribution is -0.140. The number of carbonyl (C=O) groups excluding carboxylic acids is 1. The number of carbonyl (C=O) groups is 1. The van der Waals surface area contributed by atoms with Gasteiger partial charge >= 0.3 is 5.97 Å². The summed E-state index contributed by atoms with van der Waals surface area (Å²) in [5, 5.41) is 10.9. The van der Waals surface area contributed by atoms with Crippen molar-refractivity contribution in [3.63, 3.8) is 0 Å². The standard InChI is InChI=1S/C35H50F2O3Si/c1-6-7-8-10-26-12-14-28(15-13-26)31-20-21-32(34(37)33(31)36)29-16-18-30(19-17-29)41(4,5)22-9-11-27(23-38)24-40-35(39)25(2)3/h16-21,26-28,38H,2,6-15,22-24H2,1,3-5H3. The van der Waals surface area contributed by atoms with Crippen LogP contribution in [0.5, 0.6) is 0 Å². The van der Waals surface area contributed by atoms with Crippen molar-refractivity contribution in [3.8, 4) is 11.1 Å². The van der Waals surface area contributed by atoms with E-state index in [1.165, 1.54) is 30.9 Å². The normalized spacial score (nSPS) is 18.2. The van der Waals surface area contributed by atoms with Gasteiger partial charge in [-0.1, -0.05) is 106 Å². The van der Waals surface area contributed by atoms with Gasteiger partial charge in [-0.05, 0) is 62.0 Å². The fourth-order valence-electron chi connectivity index (χ4n) is 6.17. The predicted molar refractivity (Wildman–Crippen MR) is 168 cm³/mol. The number of aliphatic hydroxyl groups is 1. The first-order valence-electron chi connectivity index (χ1n) is 15.6. The highest BCUT2D eigenvalue weighted by Crippen LogP contribution is 2.40. The zero-order valence-corrected chi connectivity index (χ0v) is 26.6. The molecular weight excluding hydrogens is 534 g/mol. The largest absolute Gasteiger partial charge is 0.462 e. The van der Waals surface area contributed by atoms with Crippen molar-refractivity contribution >= 4 is 19.2 Å². The molecule has 3 nitrogen and oxygen atoms in total. The Morgan fingerprint density at radius 1 is 1.02 bits per heavy atom. The number of ether oxygens (including phenoxy) is 1. The van der Waals surface area contributed by atoms with Gasteiger partial charge in [0.25, 0.3) is 0 Å². The quantitative estimate of drug-likeness (QED) is 0.0984. The molecule has 0 bridgehead atoms. The summed E-state index contributed by atoms with van der Waals surface area (Å²) in [6.07, 6.45) is 10.9. The van der Waals surface area contributed by atoms with Gasteiger partial charge in [0.1, 0.15) is 0 Å². The van der Waals surface area contributed by atoms with Gasteiger partial charge < -0.3 is 9.84 Å². The minimum Gasteiger partial charge on any atom is -0.462 e. The Kier molecular flexibility index (Phi) is 12.8. The SMILES string of the molecule is C=C(C)C(=O)OCC(CO)CCC[Si](C)(C)c1ccc(-c2ccc(C3CCC(CCCCC)CC3)c(F)c2F)cc1. The minimum atomic E-state index is -1.79. The summed E-state index contributed by atoms with van der Waals surface area (Å²) in [5.74, 6) is -1.09. The van der Waals surface area contributed by atoms with Gasteiger partial charge in [0.2, 0.25) is 0 Å². The maximum atomic E-state index is 15.3. The molecule has 0 amide bonds. The fraction of sp³-hybridized carbons (Fsp3) is 0.571. The number of unbranched alkanes of at least 4 members (excludes halogenated alkanes) is 2. The molecule has 1 atom stereocenters. The van der Waals surface area contributed by atoms with Gasteiger partial charge in [-0.15, -0.1) is 0 Å². The van der Waals surface area contributed by atoms with Gasteiger partial charge in [-0.3, -0.25) is 0 Å². The Morgan fingerprint density at radius 2 is 1.71 bits per heavy atom. The van der Waals surface area contributed by atoms with Crippen molar-refractivity contribution in [2.24, 2.45) is 11.8 Å². The average molecular weight is 585 g/mol. The molecule has 0 aromatic heterocycles. The highest BCUT2D eigenvalue weighted by Gasteiger charge is 2.27. The van der Waals surface area contributed by atoms with E-state index in [1.54, 1.807) is 13.0 Å². The molecule has 2 aromatic carbocycles. The van der Waals surface area contributed by atoms with Crippen LogP contribution < -0.4 is 5.19 Å². The van der Waals surface area contributed by atoms with E-state index in [4.69, 9.17) is 4.74 Å². The van der Waals surface area contributed by atoms with Crippen LogP contribution in [0.15, 0.2) is 48.6 Å². The van der Waals surface area contributed by atoms with Crippen molar-refractivity contribution in [2.45, 2.75) is 103 Å². The number of benzene rings is 2. The molecule has 0 spiro atoms. The van der Waals surface area contributed by atoms with Crippen LogP contribution in [0.1, 0.15) is 89.5 Å². The van der Waals surface area contributed by atoms with Crippen molar-refractivity contribution in [2.75, 3.05) is 13.2 Å². The predicted octanol–water partition coefficient (Wildman–Crippen LogP) is 8.91. The molecule has 2 aromatic rings. The maximum Gasteiger partial charge on any atom is 0.333 e. The molecule has 226 valence electrons. The summed E-state index contributed by atoms with van der Waals surface area (Å²) in [4.78, 5) is 11.6. The highest BCUT2D eigenvalue weighted by molar-refractivity contribution is 6.89. The molecule has 0 aliphatic heterocycles. The Labute approximate surface area is 247 Å². The van der Waals surface area contributed by atoms with Crippen molar-refractivity contribution in [1.29, 1.82) is 0 Å². The molecule has 41 heavy (non-hydrogen) atoms. The first-order chi connectivity index (χ1) is 19.6. The first-order valence-corrected chi connectivity index (χ1v) is 18.8. The van der Waals surface area contributed by atoms with Gasteiger partial charge in [0, 0.05) is 23.7 Å². The van der Waals surface area contributed by atoms with Gasteiger partial charge in [0.15, 0.2) is 11.6 Å². The van der Waals surface area contributed by atoms with Crippen molar-refractivity contribution < 1.29 is 23.4 Å². The van der Waals surface area contributed by atoms with Crippen LogP contribution in [0.4, 0.5) is 8.78 Å². The first kappa shape index (κ1) is 33.2. The second kappa shape index (κ2) is 15.8. The molecule has 1 fully saturated rings. The van der Waals surface area contributed by atoms with Gasteiger partial charge in [0.05, 0.1) is 14.7 Å². The van der Waals surface area contributed by atoms with Gasteiger partial charge in [-0.25, -0.2) is 13.6 Å². The lowest BCUT2D eigenvalue weighted by atomic mass is 9.76. The average Bonchev–Trinajstić information content (AvgIpc) is 2.96. The van der Waals surface area contributed by atoms with Crippen LogP contribution in [0.3, 0.4) is 0 Å². The van der Waals surface area contributed by atoms with Crippen molar-refractivity contribution in [3.05, 3.63) is 65.7 Å². The molecule has 0 radical (unpaired) electrons. The van der Waals surface area contributed by atoms with Crippen LogP contribution in [0.2, 0.25) is 19.1 Å². The molecule has 3 rings (SSSR count). The second-order valence-corrected chi connectivity index (χ2v) is 17.7. The monoisotopic (exact) mass is 584 g/mol. The molecular formula is C35H50F2O3Si. The summed E-state index contributed by atoms with van der Waals surface area (Å²) in [7, 11) is -1.79. The molecule has 0 saturated heterocycles. The van der Waals surface area contributed by atoms with E-state index in [-0.39, 0.29) is 25.0 Å². The second-order valence-electron chi connectivity index (χ2n) is 12.8. The molecule has 0 heterocycles. The highest BCUT2D eigenvalue weighted by atomic mass is 28.3. The molecule has 1 unspecified atom stereocenters. The third-order valence-corrected chi connectivity index (χ3v) is 12.6. The summed E-state index contributed by atoms with van der Waals surface area (Å²) in [6, 6.07) is 12.5. The topological polar surface area (TPSA) is 46.5 Å². The van der Waals surface area contributed by atoms with E-state index >= 15 is 8.78 Å². The molecule has 1 aliphatic carbocycles. The van der Waals surface area contributed by atoms with E-state index < -0.39 is 25.7 Å². The smallest absolute Gasteiger partial charge is 0.333 e. The van der Waals surface area contributed by atoms with Crippen LogP contribution in [0, 0.1) is 23.5 Å². The van der Waals surface area contributed by atoms with Crippen LogP contribution in [-0.2, 0) is 9.53 Å². The Morgan fingerprint density at radius 3 is 2.32 bits per heavy atom. The number of hydrogen-bond donors (Lipinski definition) is 1. The van der Waals surface area contributed by atoms with E-state index in [2.05, 4.69) is 38.7 Å². The minimum absolute atomic E-state index is 0.0264. The van der Waals surface area contributed by atoms with Gasteiger partial charge in [-0.2, -0.15) is 0 Å². The zero-order valence-electron chi connectivity index (χ0n) is 25.6. The summed E-state index contributed by atoms with van der Waals surface area (Å²) < 4.78 is 35.8. The van der Waals surface area contributed by atoms with E-state index in [0.29, 0.717) is 22.3 Å². The maximum absolute atomic E-state index is 15.3. The number of rotatable bonds is 15. The third-order valence-electron chi connectivity index (χ3n) is 9.06. The van der Waals surface area contributed by atoms with Crippen LogP contribution in [0.25, 0.3) is 11.1 Å². The van der Waals surface area contributed by atoms with E-state index in [9.17, 15) is 9.90 Å². The molecule has 1 N–H and O–H groups in total. The third kappa shape index (κ3) is 9.34. The number of aliphatic hydroxyl groups excluding tert-OH is 1. The summed E-state index contributed by atoms with van der Waals surface area (Å²) in [5.41, 5.74) is 1.91.